The van der Waals surface area contributed by atoms with Crippen LogP contribution < -0.4 is 0 Å². The Hall–Kier alpha value is 0. The lowest BCUT2D eigenvalue weighted by molar-refractivity contribution is 0.264. The maximum Gasteiger partial charge on any atom is -0.0412 e. The lowest BCUT2D eigenvalue weighted by Crippen LogP contribution is -2.12. The highest BCUT2D eigenvalue weighted by Gasteiger charge is 2.21. The van der Waals surface area contributed by atoms with Crippen molar-refractivity contribution in [2.75, 3.05) is 0 Å². The van der Waals surface area contributed by atoms with Crippen LogP contribution in [0.15, 0.2) is 0 Å². The van der Waals surface area contributed by atoms with E-state index in [0.717, 1.165) is 23.7 Å². The summed E-state index contributed by atoms with van der Waals surface area (Å²) < 4.78 is 0. The summed E-state index contributed by atoms with van der Waals surface area (Å²) in [5.41, 5.74) is 0. The van der Waals surface area contributed by atoms with Gasteiger partial charge in [-0.3, -0.25) is 0 Å². The standard InChI is InChI=1S/C8H16.C7H14.3CH4/c1-7(2)6-8-4-3-5-8;1-6(2)5-7-3-4-7;;;/h7-8H,3-6H2,1-2H3;6-7H,3-5H2,1-2H3;3*1H4. The molecular formula is C18H42. The number of hydrogen-bond donors (Lipinski definition) is 0. The second kappa shape index (κ2) is 12.1. The van der Waals surface area contributed by atoms with E-state index in [1.54, 1.807) is 0 Å². The summed E-state index contributed by atoms with van der Waals surface area (Å²) >= 11 is 0. The molecule has 0 spiro atoms. The summed E-state index contributed by atoms with van der Waals surface area (Å²) in [4.78, 5) is 0. The normalized spacial score (nSPS) is 17.7. The largest absolute Gasteiger partial charge is 0.0776 e. The predicted molar refractivity (Wildman–Crippen MR) is 89.2 cm³/mol. The molecule has 2 fully saturated rings. The third kappa shape index (κ3) is 12.5. The summed E-state index contributed by atoms with van der Waals surface area (Å²) in [6.07, 6.45) is 10.5. The average Bonchev–Trinajstić information content (AvgIpc) is 2.81. The Morgan fingerprint density at radius 2 is 1.00 bits per heavy atom. The minimum atomic E-state index is 0. The van der Waals surface area contributed by atoms with Crippen LogP contribution in [0.25, 0.3) is 0 Å². The molecule has 0 atom stereocenters. The van der Waals surface area contributed by atoms with E-state index < -0.39 is 0 Å². The molecule has 0 nitrogen and oxygen atoms in total. The van der Waals surface area contributed by atoms with Gasteiger partial charge in [-0.05, 0) is 36.5 Å². The highest BCUT2D eigenvalue weighted by atomic mass is 14.3. The molecule has 2 aliphatic rings. The first kappa shape index (κ1) is 23.1. The highest BCUT2D eigenvalue weighted by molar-refractivity contribution is 4.73. The van der Waals surface area contributed by atoms with Crippen LogP contribution in [0.5, 0.6) is 0 Å². The van der Waals surface area contributed by atoms with Gasteiger partial charge in [0, 0.05) is 0 Å². The van der Waals surface area contributed by atoms with E-state index in [-0.39, 0.29) is 22.3 Å². The van der Waals surface area contributed by atoms with Crippen LogP contribution in [0.1, 0.15) is 94.9 Å². The van der Waals surface area contributed by atoms with E-state index in [1.165, 1.54) is 44.9 Å². The Labute approximate surface area is 119 Å². The molecule has 0 aliphatic heterocycles. The third-order valence-electron chi connectivity index (χ3n) is 3.53. The Morgan fingerprint density at radius 1 is 0.667 bits per heavy atom. The average molecular weight is 259 g/mol. The lowest BCUT2D eigenvalue weighted by Gasteiger charge is -2.26. The fraction of sp³-hybridized carbons (Fsp3) is 1.00. The molecule has 18 heavy (non-hydrogen) atoms. The molecule has 0 unspecified atom stereocenters. The van der Waals surface area contributed by atoms with Gasteiger partial charge in [-0.15, -0.1) is 0 Å². The quantitative estimate of drug-likeness (QED) is 0.501. The van der Waals surface area contributed by atoms with Crippen LogP contribution in [-0.4, -0.2) is 0 Å². The molecule has 0 radical (unpaired) electrons. The number of hydrogen-bond acceptors (Lipinski definition) is 0. The Morgan fingerprint density at radius 3 is 1.11 bits per heavy atom. The minimum Gasteiger partial charge on any atom is -0.0776 e. The van der Waals surface area contributed by atoms with Gasteiger partial charge in [0.05, 0.1) is 0 Å². The van der Waals surface area contributed by atoms with Crippen LogP contribution in [0.4, 0.5) is 0 Å². The van der Waals surface area contributed by atoms with Crippen molar-refractivity contribution >= 4 is 0 Å². The van der Waals surface area contributed by atoms with Gasteiger partial charge in [0.1, 0.15) is 0 Å². The smallest absolute Gasteiger partial charge is 0.0412 e. The Bertz CT molecular complexity index is 149. The lowest BCUT2D eigenvalue weighted by atomic mass is 9.80. The van der Waals surface area contributed by atoms with E-state index in [2.05, 4.69) is 27.7 Å². The summed E-state index contributed by atoms with van der Waals surface area (Å²) in [7, 11) is 0. The first-order valence-electron chi connectivity index (χ1n) is 7.08. The van der Waals surface area contributed by atoms with Gasteiger partial charge in [-0.25, -0.2) is 0 Å². The molecule has 0 amide bonds. The maximum absolute atomic E-state index is 2.32. The Kier molecular flexibility index (Phi) is 15.5. The zero-order valence-corrected chi connectivity index (χ0v) is 11.3. The minimum absolute atomic E-state index is 0. The zero-order chi connectivity index (χ0) is 11.3. The van der Waals surface area contributed by atoms with Crippen LogP contribution in [0.3, 0.4) is 0 Å². The fourth-order valence-electron chi connectivity index (χ4n) is 2.42. The Balaban J connectivity index is -0.000000215. The van der Waals surface area contributed by atoms with E-state index in [1.807, 2.05) is 0 Å². The van der Waals surface area contributed by atoms with E-state index in [0.29, 0.717) is 0 Å². The van der Waals surface area contributed by atoms with Crippen LogP contribution in [0, 0.1) is 23.7 Å². The second-order valence-electron chi connectivity index (χ2n) is 6.50. The summed E-state index contributed by atoms with van der Waals surface area (Å²) in [5, 5.41) is 0. The molecule has 114 valence electrons. The molecular weight excluding hydrogens is 216 g/mol. The van der Waals surface area contributed by atoms with Crippen molar-refractivity contribution in [3.05, 3.63) is 0 Å². The van der Waals surface area contributed by atoms with E-state index in [9.17, 15) is 0 Å². The van der Waals surface area contributed by atoms with Crippen LogP contribution in [-0.2, 0) is 0 Å². The van der Waals surface area contributed by atoms with Gasteiger partial charge in [0.15, 0.2) is 0 Å². The molecule has 2 rings (SSSR count). The van der Waals surface area contributed by atoms with Gasteiger partial charge in [-0.2, -0.15) is 0 Å². The van der Waals surface area contributed by atoms with Gasteiger partial charge in [0.2, 0.25) is 0 Å². The van der Waals surface area contributed by atoms with Crippen molar-refractivity contribution in [2.45, 2.75) is 94.9 Å². The SMILES string of the molecule is C.C.C.CC(C)CC1CC1.CC(C)CC1CCC1. The van der Waals surface area contributed by atoms with Crippen molar-refractivity contribution in [2.24, 2.45) is 23.7 Å². The van der Waals surface area contributed by atoms with Gasteiger partial charge < -0.3 is 0 Å². The highest BCUT2D eigenvalue weighted by Crippen LogP contribution is 2.34. The molecule has 2 aliphatic carbocycles. The summed E-state index contributed by atoms with van der Waals surface area (Å²) in [5.74, 6) is 4.10. The molecule has 0 N–H and O–H groups in total. The van der Waals surface area contributed by atoms with Crippen LogP contribution in [0.2, 0.25) is 0 Å². The van der Waals surface area contributed by atoms with Crippen molar-refractivity contribution in [3.8, 4) is 0 Å². The van der Waals surface area contributed by atoms with Gasteiger partial charge >= 0.3 is 0 Å². The first-order valence-corrected chi connectivity index (χ1v) is 7.08. The maximum atomic E-state index is 2.32. The van der Waals surface area contributed by atoms with E-state index in [4.69, 9.17) is 0 Å². The molecule has 0 heteroatoms. The predicted octanol–water partition coefficient (Wildman–Crippen LogP) is 7.18. The van der Waals surface area contributed by atoms with Crippen molar-refractivity contribution < 1.29 is 0 Å². The zero-order valence-electron chi connectivity index (χ0n) is 11.3. The van der Waals surface area contributed by atoms with E-state index >= 15 is 0 Å². The number of rotatable bonds is 4. The second-order valence-corrected chi connectivity index (χ2v) is 6.50. The molecule has 0 aromatic carbocycles. The molecule has 0 bridgehead atoms. The van der Waals surface area contributed by atoms with Crippen LogP contribution >= 0.6 is 0 Å². The first-order chi connectivity index (χ1) is 7.08. The molecule has 0 saturated heterocycles. The van der Waals surface area contributed by atoms with Gasteiger partial charge in [0.25, 0.3) is 0 Å². The topological polar surface area (TPSA) is 0 Å². The molecule has 0 heterocycles. The van der Waals surface area contributed by atoms with Crippen molar-refractivity contribution in [1.29, 1.82) is 0 Å². The van der Waals surface area contributed by atoms with Crippen molar-refractivity contribution in [1.82, 2.24) is 0 Å². The molecule has 0 aromatic rings. The molecule has 2 saturated carbocycles. The van der Waals surface area contributed by atoms with Crippen molar-refractivity contribution in [3.63, 3.8) is 0 Å². The summed E-state index contributed by atoms with van der Waals surface area (Å²) in [6.45, 7) is 9.24. The third-order valence-corrected chi connectivity index (χ3v) is 3.53. The molecule has 0 aromatic heterocycles. The summed E-state index contributed by atoms with van der Waals surface area (Å²) in [6, 6.07) is 0. The fourth-order valence-corrected chi connectivity index (χ4v) is 2.42. The monoisotopic (exact) mass is 258 g/mol. The van der Waals surface area contributed by atoms with Gasteiger partial charge in [-0.1, -0.05) is 82.1 Å².